The first kappa shape index (κ1) is 107. The Bertz CT molecular complexity index is 1560. The topological polar surface area (TPSA) is 88.6 Å². The predicted molar refractivity (Wildman–Crippen MR) is 487 cm³/mol. The second-order valence-corrected chi connectivity index (χ2v) is 36.2. The van der Waals surface area contributed by atoms with Crippen molar-refractivity contribution in [3.63, 3.8) is 0 Å². The molecule has 1 fully saturated rings. The summed E-state index contributed by atoms with van der Waals surface area (Å²) in [5.74, 6) is -2.36. The van der Waals surface area contributed by atoms with Gasteiger partial charge < -0.3 is 28.9 Å². The maximum Gasteiger partial charge on any atom is 0.308 e. The highest BCUT2D eigenvalue weighted by Crippen LogP contribution is 2.36. The lowest BCUT2D eigenvalue weighted by molar-refractivity contribution is -0.161. The summed E-state index contributed by atoms with van der Waals surface area (Å²) in [6, 6.07) is 0. The van der Waals surface area contributed by atoms with Crippen molar-refractivity contribution in [2.75, 3.05) is 78.7 Å². The fourth-order valence-corrected chi connectivity index (χ4v) is 17.7. The molecule has 9 nitrogen and oxygen atoms in total. The molecule has 9 heteroatoms. The zero-order valence-electron chi connectivity index (χ0n) is 76.7. The summed E-state index contributed by atoms with van der Waals surface area (Å²) >= 11 is 0. The molecule has 0 radical (unpaired) electrons. The minimum Gasteiger partial charge on any atom is -0.465 e. The number of carbonyl (C=O) groups excluding carboxylic acids is 3. The summed E-state index contributed by atoms with van der Waals surface area (Å²) in [6.07, 6.45) is 102. The van der Waals surface area contributed by atoms with Gasteiger partial charge in [-0.15, -0.1) is 0 Å². The lowest BCUT2D eigenvalue weighted by atomic mass is 9.75. The van der Waals surface area contributed by atoms with Crippen molar-refractivity contribution < 1.29 is 28.6 Å². The number of unbranched alkanes of at least 4 members (excludes halogenated alkanes) is 66. The first-order chi connectivity index (χ1) is 54.8. The molecule has 0 atom stereocenters. The monoisotopic (exact) mass is 1560 g/mol. The van der Waals surface area contributed by atoms with Crippen molar-refractivity contribution in [3.8, 4) is 0 Å². The van der Waals surface area contributed by atoms with E-state index in [4.69, 9.17) is 14.2 Å². The summed E-state index contributed by atoms with van der Waals surface area (Å²) in [6.45, 7) is 24.5. The van der Waals surface area contributed by atoms with Crippen molar-refractivity contribution in [3.05, 3.63) is 0 Å². The minimum atomic E-state index is -0.532. The van der Waals surface area contributed by atoms with Gasteiger partial charge in [-0.2, -0.15) is 0 Å². The third kappa shape index (κ3) is 75.5. The van der Waals surface area contributed by atoms with E-state index in [-0.39, 0.29) is 17.9 Å². The molecular weight excluding hydrogens is 1360 g/mol. The molecule has 1 rings (SSSR count). The quantitative estimate of drug-likeness (QED) is 0.0336. The van der Waals surface area contributed by atoms with E-state index in [1.54, 1.807) is 0 Å². The van der Waals surface area contributed by atoms with Crippen molar-refractivity contribution >= 4 is 17.9 Å². The summed E-state index contributed by atoms with van der Waals surface area (Å²) < 4.78 is 18.7. The van der Waals surface area contributed by atoms with Gasteiger partial charge in [0.15, 0.2) is 0 Å². The standard InChI is InChI=1S/C102H201N3O6/c1-7-13-19-25-31-37-43-49-55-61-67-73-82-103(83-74-68-62-56-50-44-38-32-26-20-14-8-2)88-79-91-109-100(106)97-94-98(101(107)110-92-80-89-104(84-75-69-63-57-51-45-39-33-27-21-15-9-3)85-76-70-64-58-52-46-40-34-28-22-16-10-4)96-99(95-97)102(108)111-93-81-90-105(86-77-71-65-59-53-47-41-35-29-23-17-11-5)87-78-72-66-60-54-48-42-36-30-24-18-12-6/h97-99H,7-96H2,1-6H3/t97-,98+,99-. The van der Waals surface area contributed by atoms with Crippen LogP contribution in [0.25, 0.3) is 0 Å². The van der Waals surface area contributed by atoms with Gasteiger partial charge in [0, 0.05) is 19.6 Å². The second kappa shape index (κ2) is 89.1. The molecule has 111 heavy (non-hydrogen) atoms. The minimum absolute atomic E-state index is 0.253. The second-order valence-electron chi connectivity index (χ2n) is 36.2. The summed E-state index contributed by atoms with van der Waals surface area (Å²) in [5, 5.41) is 0. The summed E-state index contributed by atoms with van der Waals surface area (Å²) in [4.78, 5) is 51.2. The largest absolute Gasteiger partial charge is 0.465 e. The molecule has 0 aromatic carbocycles. The van der Waals surface area contributed by atoms with Crippen LogP contribution in [0.5, 0.6) is 0 Å². The van der Waals surface area contributed by atoms with Crippen LogP contribution in [-0.2, 0) is 28.6 Å². The number of nitrogens with zero attached hydrogens (tertiary/aromatic N) is 3. The van der Waals surface area contributed by atoms with Crippen molar-refractivity contribution in [2.24, 2.45) is 17.8 Å². The van der Waals surface area contributed by atoms with Crippen LogP contribution < -0.4 is 0 Å². The zero-order valence-corrected chi connectivity index (χ0v) is 76.7. The van der Waals surface area contributed by atoms with E-state index >= 15 is 0 Å². The fourth-order valence-electron chi connectivity index (χ4n) is 17.7. The predicted octanol–water partition coefficient (Wildman–Crippen LogP) is 31.9. The van der Waals surface area contributed by atoms with Crippen LogP contribution in [0.2, 0.25) is 0 Å². The molecule has 0 aliphatic heterocycles. The number of hydrogen-bond donors (Lipinski definition) is 0. The van der Waals surface area contributed by atoms with Gasteiger partial charge in [-0.1, -0.05) is 465 Å². The molecule has 660 valence electrons. The van der Waals surface area contributed by atoms with Crippen molar-refractivity contribution in [1.82, 2.24) is 14.7 Å². The summed E-state index contributed by atoms with van der Waals surface area (Å²) in [5.41, 5.74) is 0. The molecule has 1 aliphatic carbocycles. The molecule has 0 aromatic heterocycles. The fraction of sp³-hybridized carbons (Fsp3) is 0.971. The van der Waals surface area contributed by atoms with Crippen LogP contribution in [0, 0.1) is 17.8 Å². The van der Waals surface area contributed by atoms with Gasteiger partial charge in [0.2, 0.25) is 0 Å². The molecule has 0 bridgehead atoms. The highest BCUT2D eigenvalue weighted by atomic mass is 16.5. The maximum absolute atomic E-state index is 14.4. The number of esters is 3. The normalized spacial score (nSPS) is 14.6. The molecule has 0 saturated heterocycles. The Kier molecular flexibility index (Phi) is 86.1. The zero-order chi connectivity index (χ0) is 80.0. The van der Waals surface area contributed by atoms with Crippen LogP contribution in [0.15, 0.2) is 0 Å². The Morgan fingerprint density at radius 3 is 0.405 bits per heavy atom. The average Bonchev–Trinajstić information content (AvgIpc) is 0.827. The number of rotatable bonds is 93. The SMILES string of the molecule is CCCCCCCCCCCCCCN(CCCCCCCCCCCCCC)CCCOC(=O)[C@H]1C[C@@H](C(=O)OCCCN(CCCCCCCCCCCCCC)CCCCCCCCCCCCCC)C[C@@H](C(=O)OCCCN(CCCCCCCCCCCCCC)CCCCCCCCCCCCCC)C1. The number of carbonyl (C=O) groups is 3. The maximum atomic E-state index is 14.4. The lowest BCUT2D eigenvalue weighted by Crippen LogP contribution is -2.37. The van der Waals surface area contributed by atoms with Crippen LogP contribution in [-0.4, -0.2) is 111 Å². The third-order valence-electron chi connectivity index (χ3n) is 25.3. The van der Waals surface area contributed by atoms with Gasteiger partial charge in [-0.25, -0.2) is 0 Å². The average molecular weight is 1570 g/mol. The number of ether oxygens (including phenoxy) is 3. The Hall–Kier alpha value is -1.71. The number of hydrogen-bond acceptors (Lipinski definition) is 9. The van der Waals surface area contributed by atoms with E-state index in [0.29, 0.717) is 39.1 Å². The van der Waals surface area contributed by atoms with Gasteiger partial charge in [0.05, 0.1) is 37.6 Å². The van der Waals surface area contributed by atoms with E-state index in [1.165, 1.54) is 462 Å². The molecule has 0 heterocycles. The third-order valence-corrected chi connectivity index (χ3v) is 25.3. The first-order valence-corrected chi connectivity index (χ1v) is 51.5. The molecule has 0 spiro atoms. The van der Waals surface area contributed by atoms with Crippen LogP contribution in [0.3, 0.4) is 0 Å². The molecular formula is C102H201N3O6. The summed E-state index contributed by atoms with van der Waals surface area (Å²) in [7, 11) is 0. The van der Waals surface area contributed by atoms with Gasteiger partial charge >= 0.3 is 17.9 Å². The van der Waals surface area contributed by atoms with Gasteiger partial charge in [0.25, 0.3) is 0 Å². The van der Waals surface area contributed by atoms with Gasteiger partial charge in [-0.05, 0) is 116 Å². The van der Waals surface area contributed by atoms with E-state index in [0.717, 1.165) is 78.2 Å². The molecule has 0 amide bonds. The Morgan fingerprint density at radius 1 is 0.171 bits per heavy atom. The van der Waals surface area contributed by atoms with Crippen LogP contribution in [0.4, 0.5) is 0 Å². The van der Waals surface area contributed by atoms with E-state index in [1.807, 2.05) is 0 Å². The van der Waals surface area contributed by atoms with Crippen LogP contribution in [0.1, 0.15) is 542 Å². The Morgan fingerprint density at radius 2 is 0.279 bits per heavy atom. The Labute approximate surface area is 696 Å². The first-order valence-electron chi connectivity index (χ1n) is 51.5. The Balaban J connectivity index is 3.15. The van der Waals surface area contributed by atoms with E-state index < -0.39 is 17.8 Å². The van der Waals surface area contributed by atoms with Crippen molar-refractivity contribution in [2.45, 2.75) is 542 Å². The van der Waals surface area contributed by atoms with Crippen molar-refractivity contribution in [1.29, 1.82) is 0 Å². The molecule has 1 saturated carbocycles. The van der Waals surface area contributed by atoms with E-state index in [9.17, 15) is 14.4 Å². The molecule has 1 aliphatic rings. The highest BCUT2D eigenvalue weighted by Gasteiger charge is 2.41. The van der Waals surface area contributed by atoms with Gasteiger partial charge in [0.1, 0.15) is 0 Å². The molecule has 0 unspecified atom stereocenters. The lowest BCUT2D eigenvalue weighted by Gasteiger charge is -2.31. The van der Waals surface area contributed by atoms with Gasteiger partial charge in [-0.3, -0.25) is 14.4 Å². The molecule has 0 N–H and O–H groups in total. The highest BCUT2D eigenvalue weighted by molar-refractivity contribution is 5.80. The molecule has 0 aromatic rings. The van der Waals surface area contributed by atoms with Crippen LogP contribution >= 0.6 is 0 Å². The van der Waals surface area contributed by atoms with E-state index in [2.05, 4.69) is 56.2 Å². The smallest absolute Gasteiger partial charge is 0.308 e.